The molecule has 1 fully saturated rings. The van der Waals surface area contributed by atoms with Gasteiger partial charge in [0.05, 0.1) is 26.0 Å². The Morgan fingerprint density at radius 2 is 1.68 bits per heavy atom. The number of ether oxygens (including phenoxy) is 3. The van der Waals surface area contributed by atoms with Crippen molar-refractivity contribution in [1.82, 2.24) is 5.01 Å². The monoisotopic (exact) mass is 500 g/mol. The summed E-state index contributed by atoms with van der Waals surface area (Å²) in [7, 11) is 3.27. The molecule has 1 heterocycles. The number of hydrogen-bond acceptors (Lipinski definition) is 5. The maximum atomic E-state index is 14.1. The zero-order valence-corrected chi connectivity index (χ0v) is 20.9. The first-order valence-corrected chi connectivity index (χ1v) is 12.3. The summed E-state index contributed by atoms with van der Waals surface area (Å²) in [5.74, 6) is 0.800. The third-order valence-corrected chi connectivity index (χ3v) is 6.86. The molecule has 3 aromatic carbocycles. The molecule has 190 valence electrons. The Balaban J connectivity index is 1.46. The van der Waals surface area contributed by atoms with E-state index < -0.39 is 5.82 Å². The summed E-state index contributed by atoms with van der Waals surface area (Å²) in [6.45, 7) is -0.311. The van der Waals surface area contributed by atoms with Gasteiger partial charge in [-0.3, -0.25) is 4.79 Å². The molecule has 2 atom stereocenters. The molecule has 0 unspecified atom stereocenters. The maximum absolute atomic E-state index is 14.1. The highest BCUT2D eigenvalue weighted by Gasteiger charge is 2.43. The molecule has 0 bridgehead atoms. The van der Waals surface area contributed by atoms with Gasteiger partial charge in [-0.25, -0.2) is 9.40 Å². The zero-order chi connectivity index (χ0) is 25.8. The van der Waals surface area contributed by atoms with E-state index in [0.29, 0.717) is 0 Å². The van der Waals surface area contributed by atoms with Crippen molar-refractivity contribution < 1.29 is 23.4 Å². The number of methoxy groups -OCH3 is 2. The number of fused-ring (bicyclic) bond motifs is 1. The first kappa shape index (κ1) is 24.6. The Kier molecular flexibility index (Phi) is 7.21. The SMILES string of the molecule is COc1ccc(/C=C2/CCC[C@H]3C2=NN(C(=O)COc2ccccc2F)[C@@H]3c2ccc(OC)cc2)cc1. The van der Waals surface area contributed by atoms with Crippen molar-refractivity contribution in [3.8, 4) is 17.2 Å². The highest BCUT2D eigenvalue weighted by molar-refractivity contribution is 6.08. The fourth-order valence-corrected chi connectivity index (χ4v) is 5.01. The summed E-state index contributed by atoms with van der Waals surface area (Å²) in [5.41, 5.74) is 4.05. The fraction of sp³-hybridized carbons (Fsp3) is 0.267. The average molecular weight is 501 g/mol. The van der Waals surface area contributed by atoms with Gasteiger partial charge in [-0.15, -0.1) is 0 Å². The number of benzene rings is 3. The van der Waals surface area contributed by atoms with E-state index in [1.54, 1.807) is 26.4 Å². The van der Waals surface area contributed by atoms with Crippen molar-refractivity contribution >= 4 is 17.7 Å². The van der Waals surface area contributed by atoms with Gasteiger partial charge >= 0.3 is 0 Å². The lowest BCUT2D eigenvalue weighted by Crippen LogP contribution is -2.34. The van der Waals surface area contributed by atoms with Crippen molar-refractivity contribution in [2.75, 3.05) is 20.8 Å². The first-order chi connectivity index (χ1) is 18.1. The van der Waals surface area contributed by atoms with Crippen LogP contribution in [0, 0.1) is 11.7 Å². The summed E-state index contributed by atoms with van der Waals surface area (Å²) in [6, 6.07) is 21.4. The zero-order valence-electron chi connectivity index (χ0n) is 20.9. The summed E-state index contributed by atoms with van der Waals surface area (Å²) in [5, 5.41) is 6.38. The van der Waals surface area contributed by atoms with Crippen molar-refractivity contribution in [1.29, 1.82) is 0 Å². The van der Waals surface area contributed by atoms with Crippen LogP contribution in [0.4, 0.5) is 4.39 Å². The molecule has 0 N–H and O–H groups in total. The molecule has 1 saturated carbocycles. The van der Waals surface area contributed by atoms with Crippen molar-refractivity contribution in [2.24, 2.45) is 11.0 Å². The lowest BCUT2D eigenvalue weighted by molar-refractivity contribution is -0.135. The van der Waals surface area contributed by atoms with E-state index in [4.69, 9.17) is 19.3 Å². The van der Waals surface area contributed by atoms with E-state index in [9.17, 15) is 9.18 Å². The lowest BCUT2D eigenvalue weighted by atomic mass is 9.77. The number of hydrazone groups is 1. The number of nitrogens with zero attached hydrogens (tertiary/aromatic N) is 2. The van der Waals surface area contributed by atoms with E-state index in [-0.39, 0.29) is 30.2 Å². The Morgan fingerprint density at radius 3 is 2.35 bits per heavy atom. The van der Waals surface area contributed by atoms with Crippen molar-refractivity contribution in [2.45, 2.75) is 25.3 Å². The van der Waals surface area contributed by atoms with Crippen LogP contribution in [0.1, 0.15) is 36.4 Å². The molecule has 5 rings (SSSR count). The Labute approximate surface area is 216 Å². The number of rotatable bonds is 7. The molecule has 7 heteroatoms. The number of para-hydroxylation sites is 1. The molecule has 0 aromatic heterocycles. The largest absolute Gasteiger partial charge is 0.497 e. The number of hydrogen-bond donors (Lipinski definition) is 0. The minimum Gasteiger partial charge on any atom is -0.497 e. The summed E-state index contributed by atoms with van der Waals surface area (Å²) < 4.78 is 30.2. The summed E-state index contributed by atoms with van der Waals surface area (Å²) in [6.07, 6.45) is 4.92. The quantitative estimate of drug-likeness (QED) is 0.397. The molecule has 0 radical (unpaired) electrons. The third-order valence-electron chi connectivity index (χ3n) is 6.86. The van der Waals surface area contributed by atoms with E-state index in [0.717, 1.165) is 53.2 Å². The van der Waals surface area contributed by atoms with E-state index >= 15 is 0 Å². The first-order valence-electron chi connectivity index (χ1n) is 12.3. The fourth-order valence-electron chi connectivity index (χ4n) is 5.01. The second kappa shape index (κ2) is 10.9. The Bertz CT molecular complexity index is 1320. The minimum absolute atomic E-state index is 0.0428. The van der Waals surface area contributed by atoms with Gasteiger partial charge in [0.2, 0.25) is 0 Å². The normalized spacial score (nSPS) is 19.8. The second-order valence-electron chi connectivity index (χ2n) is 9.10. The van der Waals surface area contributed by atoms with E-state index in [1.807, 2.05) is 48.5 Å². The molecular formula is C30H29FN2O4. The average Bonchev–Trinajstić information content (AvgIpc) is 3.34. The van der Waals surface area contributed by atoms with Gasteiger partial charge in [-0.05, 0) is 78.4 Å². The van der Waals surface area contributed by atoms with E-state index in [2.05, 4.69) is 6.08 Å². The van der Waals surface area contributed by atoms with Crippen LogP contribution in [-0.2, 0) is 4.79 Å². The van der Waals surface area contributed by atoms with Crippen LogP contribution in [0.15, 0.2) is 83.5 Å². The predicted molar refractivity (Wildman–Crippen MR) is 140 cm³/mol. The second-order valence-corrected chi connectivity index (χ2v) is 9.10. The molecule has 1 aliphatic heterocycles. The van der Waals surface area contributed by atoms with Crippen LogP contribution in [-0.4, -0.2) is 37.5 Å². The van der Waals surface area contributed by atoms with Gasteiger partial charge in [0.25, 0.3) is 5.91 Å². The van der Waals surface area contributed by atoms with Crippen molar-refractivity contribution in [3.63, 3.8) is 0 Å². The molecule has 37 heavy (non-hydrogen) atoms. The number of carbonyl (C=O) groups is 1. The molecule has 0 spiro atoms. The summed E-state index contributed by atoms with van der Waals surface area (Å²) in [4.78, 5) is 13.4. The Hall–Kier alpha value is -4.13. The molecule has 6 nitrogen and oxygen atoms in total. The molecular weight excluding hydrogens is 471 g/mol. The van der Waals surface area contributed by atoms with Gasteiger partial charge in [0.15, 0.2) is 18.2 Å². The minimum atomic E-state index is -0.506. The highest BCUT2D eigenvalue weighted by atomic mass is 19.1. The van der Waals surface area contributed by atoms with Crippen LogP contribution in [0.2, 0.25) is 0 Å². The van der Waals surface area contributed by atoms with Gasteiger partial charge < -0.3 is 14.2 Å². The van der Waals surface area contributed by atoms with Gasteiger partial charge in [-0.2, -0.15) is 5.10 Å². The predicted octanol–water partition coefficient (Wildman–Crippen LogP) is 6.04. The van der Waals surface area contributed by atoms with Crippen molar-refractivity contribution in [3.05, 3.63) is 95.3 Å². The highest BCUT2D eigenvalue weighted by Crippen LogP contribution is 2.44. The van der Waals surface area contributed by atoms with Gasteiger partial charge in [0, 0.05) is 5.92 Å². The maximum Gasteiger partial charge on any atom is 0.281 e. The van der Waals surface area contributed by atoms with Gasteiger partial charge in [-0.1, -0.05) is 36.4 Å². The standard InChI is InChI=1S/C30H29FN2O4/c1-35-23-14-10-20(11-15-23)18-22-6-5-7-25-29(22)32-33(30(25)21-12-16-24(36-2)17-13-21)28(34)19-37-27-9-4-3-8-26(27)31/h3-4,8-18,25,30H,5-7,19H2,1-2H3/b22-18-/t25-,30+/m0/s1. The molecule has 2 aliphatic rings. The Morgan fingerprint density at radius 1 is 1.00 bits per heavy atom. The number of amides is 1. The smallest absolute Gasteiger partial charge is 0.281 e. The van der Waals surface area contributed by atoms with Crippen LogP contribution in [0.5, 0.6) is 17.2 Å². The number of carbonyl (C=O) groups excluding carboxylic acids is 1. The number of allylic oxidation sites excluding steroid dienone is 1. The van der Waals surface area contributed by atoms with Gasteiger partial charge in [0.1, 0.15) is 11.5 Å². The topological polar surface area (TPSA) is 60.4 Å². The molecule has 1 aliphatic carbocycles. The summed E-state index contributed by atoms with van der Waals surface area (Å²) >= 11 is 0. The van der Waals surface area contributed by atoms with Crippen LogP contribution >= 0.6 is 0 Å². The van der Waals surface area contributed by atoms with E-state index in [1.165, 1.54) is 17.1 Å². The third kappa shape index (κ3) is 5.21. The molecule has 0 saturated heterocycles. The van der Waals surface area contributed by atoms with Crippen LogP contribution in [0.3, 0.4) is 0 Å². The lowest BCUT2D eigenvalue weighted by Gasteiger charge is -2.29. The molecule has 3 aromatic rings. The number of halogens is 1. The van der Waals surface area contributed by atoms with Crippen LogP contribution in [0.25, 0.3) is 6.08 Å². The van der Waals surface area contributed by atoms with Crippen LogP contribution < -0.4 is 14.2 Å². The molecule has 1 amide bonds.